The van der Waals surface area contributed by atoms with Gasteiger partial charge in [-0.1, -0.05) is 36.4 Å². The highest BCUT2D eigenvalue weighted by atomic mass is 35.5. The first-order valence-electron chi connectivity index (χ1n) is 8.28. The van der Waals surface area contributed by atoms with Gasteiger partial charge in [-0.2, -0.15) is 0 Å². The first kappa shape index (κ1) is 19.8. The lowest BCUT2D eigenvalue weighted by Gasteiger charge is -2.13. The zero-order valence-electron chi connectivity index (χ0n) is 14.7. The van der Waals surface area contributed by atoms with Crippen LogP contribution in [0.1, 0.15) is 16.7 Å². The van der Waals surface area contributed by atoms with E-state index in [1.165, 1.54) is 5.56 Å². The smallest absolute Gasteiger partial charge is 0.161 e. The second-order valence-corrected chi connectivity index (χ2v) is 5.72. The van der Waals surface area contributed by atoms with E-state index in [0.29, 0.717) is 6.61 Å². The summed E-state index contributed by atoms with van der Waals surface area (Å²) in [5, 5.41) is 3.42. The third-order valence-corrected chi connectivity index (χ3v) is 3.87. The van der Waals surface area contributed by atoms with Crippen LogP contribution >= 0.6 is 12.4 Å². The summed E-state index contributed by atoms with van der Waals surface area (Å²) < 4.78 is 11.4. The Hall–Kier alpha value is -2.56. The second kappa shape index (κ2) is 10.4. The van der Waals surface area contributed by atoms with Crippen molar-refractivity contribution in [2.24, 2.45) is 0 Å². The summed E-state index contributed by atoms with van der Waals surface area (Å²) in [6.45, 7) is 2.09. The topological polar surface area (TPSA) is 43.4 Å². The number of halogens is 1. The highest BCUT2D eigenvalue weighted by Gasteiger charge is 2.06. The molecule has 26 heavy (non-hydrogen) atoms. The van der Waals surface area contributed by atoms with Gasteiger partial charge in [-0.25, -0.2) is 0 Å². The van der Waals surface area contributed by atoms with Crippen LogP contribution in [0.4, 0.5) is 0 Å². The highest BCUT2D eigenvalue weighted by Crippen LogP contribution is 2.28. The third kappa shape index (κ3) is 5.76. The molecular weight excluding hydrogens is 348 g/mol. The summed E-state index contributed by atoms with van der Waals surface area (Å²) in [6, 6.07) is 20.2. The number of hydrogen-bond donors (Lipinski definition) is 1. The van der Waals surface area contributed by atoms with E-state index in [1.54, 1.807) is 19.5 Å². The maximum atomic E-state index is 5.89. The lowest BCUT2D eigenvalue weighted by atomic mass is 10.2. The maximum absolute atomic E-state index is 5.89. The predicted molar refractivity (Wildman–Crippen MR) is 106 cm³/mol. The van der Waals surface area contributed by atoms with Crippen molar-refractivity contribution in [3.05, 3.63) is 89.7 Å². The van der Waals surface area contributed by atoms with Gasteiger partial charge in [0.2, 0.25) is 0 Å². The van der Waals surface area contributed by atoms with E-state index in [4.69, 9.17) is 9.47 Å². The van der Waals surface area contributed by atoms with Crippen molar-refractivity contribution in [2.75, 3.05) is 7.11 Å². The molecule has 0 amide bonds. The van der Waals surface area contributed by atoms with Crippen molar-refractivity contribution in [2.45, 2.75) is 19.7 Å². The van der Waals surface area contributed by atoms with Gasteiger partial charge in [0.25, 0.3) is 0 Å². The fourth-order valence-corrected chi connectivity index (χ4v) is 2.53. The first-order valence-corrected chi connectivity index (χ1v) is 8.28. The Morgan fingerprint density at radius 3 is 2.27 bits per heavy atom. The molecule has 2 aromatic carbocycles. The average molecular weight is 371 g/mol. The Morgan fingerprint density at radius 1 is 0.808 bits per heavy atom. The van der Waals surface area contributed by atoms with E-state index in [9.17, 15) is 0 Å². The molecule has 0 aliphatic carbocycles. The van der Waals surface area contributed by atoms with Gasteiger partial charge < -0.3 is 14.8 Å². The molecule has 0 fully saturated rings. The molecule has 3 aromatic rings. The van der Waals surface area contributed by atoms with Crippen LogP contribution in [0.5, 0.6) is 11.5 Å². The van der Waals surface area contributed by atoms with Crippen LogP contribution in [-0.4, -0.2) is 12.1 Å². The monoisotopic (exact) mass is 370 g/mol. The lowest BCUT2D eigenvalue weighted by molar-refractivity contribution is 0.284. The van der Waals surface area contributed by atoms with Crippen LogP contribution in [0.2, 0.25) is 0 Å². The Labute approximate surface area is 160 Å². The Balaban J connectivity index is 0.00000243. The zero-order chi connectivity index (χ0) is 17.3. The SMILES string of the molecule is COc1cc(CNCc2ccncc2)ccc1OCc1ccccc1.Cl. The van der Waals surface area contributed by atoms with E-state index in [-0.39, 0.29) is 12.4 Å². The van der Waals surface area contributed by atoms with Crippen molar-refractivity contribution in [1.82, 2.24) is 10.3 Å². The van der Waals surface area contributed by atoms with Crippen LogP contribution in [0.15, 0.2) is 73.1 Å². The van der Waals surface area contributed by atoms with E-state index in [0.717, 1.165) is 35.7 Å². The lowest BCUT2D eigenvalue weighted by Crippen LogP contribution is -2.12. The fourth-order valence-electron chi connectivity index (χ4n) is 2.53. The second-order valence-electron chi connectivity index (χ2n) is 5.72. The molecule has 0 saturated carbocycles. The molecule has 5 heteroatoms. The Kier molecular flexibility index (Phi) is 7.93. The van der Waals surface area contributed by atoms with Crippen LogP contribution < -0.4 is 14.8 Å². The molecule has 0 spiro atoms. The summed E-state index contributed by atoms with van der Waals surface area (Å²) in [4.78, 5) is 4.03. The molecule has 0 radical (unpaired) electrons. The van der Waals surface area contributed by atoms with Gasteiger partial charge in [0.05, 0.1) is 7.11 Å². The standard InChI is InChI=1S/C21H22N2O2.ClH/c1-24-21-13-19(15-23-14-17-9-11-22-12-10-17)7-8-20(21)25-16-18-5-3-2-4-6-18;/h2-13,23H,14-16H2,1H3;1H. The Bertz CT molecular complexity index is 783. The molecule has 1 aromatic heterocycles. The molecule has 0 bridgehead atoms. The first-order chi connectivity index (χ1) is 12.3. The molecule has 0 aliphatic heterocycles. The van der Waals surface area contributed by atoms with Crippen molar-refractivity contribution in [1.29, 1.82) is 0 Å². The number of hydrogen-bond acceptors (Lipinski definition) is 4. The summed E-state index contributed by atoms with van der Waals surface area (Å²) >= 11 is 0. The largest absolute Gasteiger partial charge is 0.493 e. The molecule has 0 aliphatic rings. The summed E-state index contributed by atoms with van der Waals surface area (Å²) in [5.41, 5.74) is 3.50. The summed E-state index contributed by atoms with van der Waals surface area (Å²) in [5.74, 6) is 1.50. The minimum absolute atomic E-state index is 0. The third-order valence-electron chi connectivity index (χ3n) is 3.87. The van der Waals surface area contributed by atoms with Crippen molar-refractivity contribution in [3.63, 3.8) is 0 Å². The molecule has 0 unspecified atom stereocenters. The van der Waals surface area contributed by atoms with Crippen molar-refractivity contribution < 1.29 is 9.47 Å². The molecule has 4 nitrogen and oxygen atoms in total. The molecule has 3 rings (SSSR count). The van der Waals surface area contributed by atoms with Crippen molar-refractivity contribution >= 4 is 12.4 Å². The number of ether oxygens (including phenoxy) is 2. The molecule has 1 heterocycles. The van der Waals surface area contributed by atoms with Gasteiger partial charge >= 0.3 is 0 Å². The van der Waals surface area contributed by atoms with E-state index in [2.05, 4.69) is 16.4 Å². The number of methoxy groups -OCH3 is 1. The number of aromatic nitrogens is 1. The van der Waals surface area contributed by atoms with E-state index < -0.39 is 0 Å². The number of pyridine rings is 1. The zero-order valence-corrected chi connectivity index (χ0v) is 15.5. The van der Waals surface area contributed by atoms with Gasteiger partial charge in [-0.3, -0.25) is 4.98 Å². The average Bonchev–Trinajstić information content (AvgIpc) is 2.68. The number of benzene rings is 2. The van der Waals surface area contributed by atoms with Crippen LogP contribution in [0, 0.1) is 0 Å². The fraction of sp³-hybridized carbons (Fsp3) is 0.190. The van der Waals surface area contributed by atoms with Crippen LogP contribution in [0.3, 0.4) is 0 Å². The van der Waals surface area contributed by atoms with Crippen molar-refractivity contribution in [3.8, 4) is 11.5 Å². The van der Waals surface area contributed by atoms with Crippen LogP contribution in [0.25, 0.3) is 0 Å². The normalized spacial score (nSPS) is 10.0. The molecule has 0 saturated heterocycles. The van der Waals surface area contributed by atoms with Gasteiger partial charge in [-0.05, 0) is 41.0 Å². The van der Waals surface area contributed by atoms with Gasteiger partial charge in [-0.15, -0.1) is 12.4 Å². The Morgan fingerprint density at radius 2 is 1.54 bits per heavy atom. The number of rotatable bonds is 8. The maximum Gasteiger partial charge on any atom is 0.161 e. The molecule has 0 atom stereocenters. The number of nitrogens with zero attached hydrogens (tertiary/aromatic N) is 1. The van der Waals surface area contributed by atoms with Crippen LogP contribution in [-0.2, 0) is 19.7 Å². The van der Waals surface area contributed by atoms with Gasteiger partial charge in [0, 0.05) is 25.5 Å². The molecular formula is C21H23ClN2O2. The predicted octanol–water partition coefficient (Wildman–Crippen LogP) is 4.38. The van der Waals surface area contributed by atoms with E-state index >= 15 is 0 Å². The summed E-state index contributed by atoms with van der Waals surface area (Å²) in [7, 11) is 1.67. The van der Waals surface area contributed by atoms with Gasteiger partial charge in [0.1, 0.15) is 6.61 Å². The van der Waals surface area contributed by atoms with Gasteiger partial charge in [0.15, 0.2) is 11.5 Å². The molecule has 136 valence electrons. The summed E-state index contributed by atoms with van der Waals surface area (Å²) in [6.07, 6.45) is 3.61. The quantitative estimate of drug-likeness (QED) is 0.639. The minimum Gasteiger partial charge on any atom is -0.493 e. The highest BCUT2D eigenvalue weighted by molar-refractivity contribution is 5.85. The van der Waals surface area contributed by atoms with E-state index in [1.807, 2.05) is 54.6 Å². The molecule has 1 N–H and O–H groups in total. The minimum atomic E-state index is 0. The number of nitrogens with one attached hydrogen (secondary N) is 1.